The van der Waals surface area contributed by atoms with Gasteiger partial charge in [0.1, 0.15) is 23.5 Å². The van der Waals surface area contributed by atoms with E-state index < -0.39 is 5.97 Å². The fraction of sp³-hybridized carbons (Fsp3) is 0.176. The highest BCUT2D eigenvalue weighted by Gasteiger charge is 2.14. The van der Waals surface area contributed by atoms with Gasteiger partial charge in [-0.05, 0) is 36.2 Å². The number of aromatic nitrogens is 3. The lowest BCUT2D eigenvalue weighted by Crippen LogP contribution is -2.04. The first-order valence-electron chi connectivity index (χ1n) is 7.65. The zero-order valence-corrected chi connectivity index (χ0v) is 13.0. The average molecular weight is 321 g/mol. The number of fused-ring (bicyclic) bond motifs is 2. The number of anilines is 2. The summed E-state index contributed by atoms with van der Waals surface area (Å²) in [5.41, 5.74) is 4.15. The number of aromatic amines is 1. The highest BCUT2D eigenvalue weighted by atomic mass is 16.5. The van der Waals surface area contributed by atoms with Crippen LogP contribution in [0.3, 0.4) is 0 Å². The van der Waals surface area contributed by atoms with E-state index in [9.17, 15) is 4.79 Å². The van der Waals surface area contributed by atoms with Gasteiger partial charge in [-0.3, -0.25) is 4.99 Å². The standard InChI is InChI=1S/C17H15N5O2/c1-2-24-17(23)14-6-13-15(19-9-20-16(13)22-14)21-12-4-3-10-7-18-8-11(10)5-12/h3-6,8-9H,2,7H2,1H3,(H2,19,20,21,22). The van der Waals surface area contributed by atoms with Gasteiger partial charge in [-0.1, -0.05) is 6.07 Å². The Hall–Kier alpha value is -3.22. The van der Waals surface area contributed by atoms with Crippen LogP contribution in [0, 0.1) is 0 Å². The molecule has 3 aromatic rings. The van der Waals surface area contributed by atoms with E-state index in [0.29, 0.717) is 23.8 Å². The largest absolute Gasteiger partial charge is 0.461 e. The second kappa shape index (κ2) is 5.77. The van der Waals surface area contributed by atoms with Gasteiger partial charge < -0.3 is 15.0 Å². The van der Waals surface area contributed by atoms with E-state index in [1.165, 1.54) is 11.9 Å². The van der Waals surface area contributed by atoms with E-state index in [2.05, 4.69) is 25.3 Å². The molecule has 0 saturated heterocycles. The van der Waals surface area contributed by atoms with Crippen LogP contribution < -0.4 is 5.32 Å². The summed E-state index contributed by atoms with van der Waals surface area (Å²) in [6, 6.07) is 7.76. The van der Waals surface area contributed by atoms with Crippen molar-refractivity contribution < 1.29 is 9.53 Å². The Bertz CT molecular complexity index is 961. The molecule has 120 valence electrons. The molecular weight excluding hydrogens is 306 g/mol. The first-order valence-corrected chi connectivity index (χ1v) is 7.65. The Kier molecular flexibility index (Phi) is 3.45. The number of hydrogen-bond donors (Lipinski definition) is 2. The molecule has 0 amide bonds. The van der Waals surface area contributed by atoms with Crippen LogP contribution in [0.1, 0.15) is 28.5 Å². The third kappa shape index (κ3) is 2.50. The summed E-state index contributed by atoms with van der Waals surface area (Å²) in [4.78, 5) is 27.5. The Labute approximate surface area is 137 Å². The van der Waals surface area contributed by atoms with Gasteiger partial charge in [0.2, 0.25) is 0 Å². The van der Waals surface area contributed by atoms with Gasteiger partial charge in [0.25, 0.3) is 0 Å². The number of nitrogens with zero attached hydrogens (tertiary/aromatic N) is 3. The second-order valence-corrected chi connectivity index (χ2v) is 5.40. The predicted octanol–water partition coefficient (Wildman–Crippen LogP) is 2.81. The molecule has 0 bridgehead atoms. The highest BCUT2D eigenvalue weighted by molar-refractivity contribution is 5.98. The highest BCUT2D eigenvalue weighted by Crippen LogP contribution is 2.26. The molecule has 0 saturated carbocycles. The molecule has 2 aromatic heterocycles. The van der Waals surface area contributed by atoms with E-state index in [1.807, 2.05) is 24.4 Å². The summed E-state index contributed by atoms with van der Waals surface area (Å²) in [5, 5.41) is 4.01. The number of hydrogen-bond acceptors (Lipinski definition) is 6. The van der Waals surface area contributed by atoms with Crippen molar-refractivity contribution in [2.75, 3.05) is 11.9 Å². The molecule has 1 aliphatic rings. The summed E-state index contributed by atoms with van der Waals surface area (Å²) < 4.78 is 5.01. The molecule has 0 aliphatic carbocycles. The first-order chi connectivity index (χ1) is 11.7. The number of carbonyl (C=O) groups excluding carboxylic acids is 1. The lowest BCUT2D eigenvalue weighted by molar-refractivity contribution is 0.0520. The predicted molar refractivity (Wildman–Crippen MR) is 90.9 cm³/mol. The van der Waals surface area contributed by atoms with E-state index in [0.717, 1.165) is 23.2 Å². The van der Waals surface area contributed by atoms with Crippen molar-refractivity contribution in [1.29, 1.82) is 0 Å². The van der Waals surface area contributed by atoms with Crippen molar-refractivity contribution in [2.45, 2.75) is 13.5 Å². The third-order valence-electron chi connectivity index (χ3n) is 3.82. The van der Waals surface area contributed by atoms with Gasteiger partial charge in [-0.2, -0.15) is 0 Å². The Morgan fingerprint density at radius 1 is 1.33 bits per heavy atom. The molecule has 0 unspecified atom stereocenters. The Morgan fingerprint density at radius 2 is 2.25 bits per heavy atom. The Balaban J connectivity index is 1.69. The van der Waals surface area contributed by atoms with Crippen LogP contribution in [0.5, 0.6) is 0 Å². The normalized spacial score (nSPS) is 12.4. The molecule has 4 rings (SSSR count). The molecule has 1 aliphatic heterocycles. The average Bonchev–Trinajstić information content (AvgIpc) is 3.21. The van der Waals surface area contributed by atoms with Crippen molar-refractivity contribution in [2.24, 2.45) is 4.99 Å². The van der Waals surface area contributed by atoms with E-state index in [4.69, 9.17) is 4.74 Å². The Morgan fingerprint density at radius 3 is 3.12 bits per heavy atom. The van der Waals surface area contributed by atoms with Crippen LogP contribution in [0.2, 0.25) is 0 Å². The quantitative estimate of drug-likeness (QED) is 0.721. The van der Waals surface area contributed by atoms with Gasteiger partial charge in [-0.25, -0.2) is 14.8 Å². The second-order valence-electron chi connectivity index (χ2n) is 5.40. The summed E-state index contributed by atoms with van der Waals surface area (Å²) in [5.74, 6) is 0.219. The minimum atomic E-state index is -0.407. The molecule has 7 heteroatoms. The van der Waals surface area contributed by atoms with Crippen molar-refractivity contribution in [3.63, 3.8) is 0 Å². The zero-order chi connectivity index (χ0) is 16.5. The zero-order valence-electron chi connectivity index (χ0n) is 13.0. The van der Waals surface area contributed by atoms with E-state index >= 15 is 0 Å². The van der Waals surface area contributed by atoms with Crippen molar-refractivity contribution in [3.8, 4) is 0 Å². The number of aliphatic imine (C=N–C) groups is 1. The van der Waals surface area contributed by atoms with Crippen molar-refractivity contribution in [1.82, 2.24) is 15.0 Å². The van der Waals surface area contributed by atoms with Gasteiger partial charge in [0.05, 0.1) is 18.5 Å². The molecule has 0 atom stereocenters. The number of carbonyl (C=O) groups is 1. The fourth-order valence-corrected chi connectivity index (χ4v) is 2.67. The van der Waals surface area contributed by atoms with Crippen LogP contribution in [0.25, 0.3) is 11.0 Å². The summed E-state index contributed by atoms with van der Waals surface area (Å²) in [6.45, 7) is 2.82. The number of nitrogens with one attached hydrogen (secondary N) is 2. The van der Waals surface area contributed by atoms with Gasteiger partial charge >= 0.3 is 5.97 Å². The maximum atomic E-state index is 11.9. The molecule has 0 spiro atoms. The fourth-order valence-electron chi connectivity index (χ4n) is 2.67. The van der Waals surface area contributed by atoms with Crippen LogP contribution in [0.4, 0.5) is 11.5 Å². The van der Waals surface area contributed by atoms with E-state index in [-0.39, 0.29) is 0 Å². The lowest BCUT2D eigenvalue weighted by Gasteiger charge is -2.07. The van der Waals surface area contributed by atoms with Gasteiger partial charge in [-0.15, -0.1) is 0 Å². The molecule has 1 aromatic carbocycles. The maximum absolute atomic E-state index is 11.9. The number of esters is 1. The molecule has 0 fully saturated rings. The van der Waals surface area contributed by atoms with Crippen LogP contribution in [0.15, 0.2) is 35.6 Å². The van der Waals surface area contributed by atoms with Crippen LogP contribution in [-0.2, 0) is 11.3 Å². The van der Waals surface area contributed by atoms with Crippen LogP contribution in [-0.4, -0.2) is 33.7 Å². The van der Waals surface area contributed by atoms with Crippen molar-refractivity contribution >= 4 is 34.7 Å². The SMILES string of the molecule is CCOC(=O)c1cc2c(Nc3ccc4c(c3)C=NC4)ncnc2[nH]1. The monoisotopic (exact) mass is 321 g/mol. The minimum absolute atomic E-state index is 0.321. The minimum Gasteiger partial charge on any atom is -0.461 e. The van der Waals surface area contributed by atoms with Crippen LogP contribution >= 0.6 is 0 Å². The molecular formula is C17H15N5O2. The summed E-state index contributed by atoms with van der Waals surface area (Å²) in [7, 11) is 0. The smallest absolute Gasteiger partial charge is 0.354 e. The summed E-state index contributed by atoms with van der Waals surface area (Å²) in [6.07, 6.45) is 3.32. The molecule has 2 N–H and O–H groups in total. The number of ether oxygens (including phenoxy) is 1. The summed E-state index contributed by atoms with van der Waals surface area (Å²) >= 11 is 0. The topological polar surface area (TPSA) is 92.3 Å². The molecule has 7 nitrogen and oxygen atoms in total. The number of benzene rings is 1. The molecule has 3 heterocycles. The number of rotatable bonds is 4. The third-order valence-corrected chi connectivity index (χ3v) is 3.82. The van der Waals surface area contributed by atoms with Gasteiger partial charge in [0.15, 0.2) is 0 Å². The molecule has 0 radical (unpaired) electrons. The van der Waals surface area contributed by atoms with E-state index in [1.54, 1.807) is 13.0 Å². The molecule has 24 heavy (non-hydrogen) atoms. The van der Waals surface area contributed by atoms with Crippen molar-refractivity contribution in [3.05, 3.63) is 47.4 Å². The van der Waals surface area contributed by atoms with Gasteiger partial charge in [0, 0.05) is 11.9 Å². The lowest BCUT2D eigenvalue weighted by atomic mass is 10.1. The number of H-pyrrole nitrogens is 1. The first kappa shape index (κ1) is 14.4. The maximum Gasteiger partial charge on any atom is 0.354 e.